The van der Waals surface area contributed by atoms with E-state index in [0.29, 0.717) is 55.2 Å². The fourth-order valence-corrected chi connectivity index (χ4v) is 6.19. The molecular weight excluding hydrogens is 641 g/mol. The van der Waals surface area contributed by atoms with Crippen LogP contribution in [-0.2, 0) is 41.4 Å². The van der Waals surface area contributed by atoms with Gasteiger partial charge in [0.1, 0.15) is 17.2 Å². The summed E-state index contributed by atoms with van der Waals surface area (Å²) in [5.41, 5.74) is 6.19. The molecule has 1 amide bonds. The average molecular weight is 681 g/mol. The zero-order valence-corrected chi connectivity index (χ0v) is 28.5. The second-order valence-corrected chi connectivity index (χ2v) is 13.7. The molecule has 0 aliphatic rings. The standard InChI is InChI=1S/C38H40N4O6S/c1-27-34(40-49(3,46)47)12-8-13-35(27)42(24-29-9-5-4-6-10-29)25-30-17-21-33(22-18-30)48-32-19-15-28(16-20-32)11-7-14-37(43)39-31-23-36(38(44)45)41(2)26-31/h4-6,8-10,12-13,15-23,26,40H,7,11,14,24-25H2,1-3H3,(H,39,43)(H,44,45). The Kier molecular flexibility index (Phi) is 11.0. The number of nitrogens with zero attached hydrogens (tertiary/aromatic N) is 2. The minimum atomic E-state index is -3.42. The fourth-order valence-electron chi connectivity index (χ4n) is 5.57. The highest BCUT2D eigenvalue weighted by Gasteiger charge is 2.16. The number of carbonyl (C=O) groups excluding carboxylic acids is 1. The van der Waals surface area contributed by atoms with Crippen LogP contribution in [0.1, 0.15) is 45.6 Å². The lowest BCUT2D eigenvalue weighted by atomic mass is 10.1. The number of hydrogen-bond acceptors (Lipinski definition) is 6. The molecule has 0 saturated carbocycles. The summed E-state index contributed by atoms with van der Waals surface area (Å²) < 4.78 is 34.1. The molecule has 3 N–H and O–H groups in total. The molecule has 5 rings (SSSR count). The monoisotopic (exact) mass is 680 g/mol. The maximum Gasteiger partial charge on any atom is 0.352 e. The summed E-state index contributed by atoms with van der Waals surface area (Å²) in [7, 11) is -1.80. The molecule has 254 valence electrons. The maximum atomic E-state index is 12.3. The van der Waals surface area contributed by atoms with Crippen LogP contribution >= 0.6 is 0 Å². The van der Waals surface area contributed by atoms with Gasteiger partial charge in [-0.2, -0.15) is 0 Å². The van der Waals surface area contributed by atoms with Gasteiger partial charge in [-0.15, -0.1) is 0 Å². The normalized spacial score (nSPS) is 11.2. The Hall–Kier alpha value is -5.55. The lowest BCUT2D eigenvalue weighted by Gasteiger charge is -2.28. The molecule has 49 heavy (non-hydrogen) atoms. The number of benzene rings is 4. The van der Waals surface area contributed by atoms with Gasteiger partial charge in [0.15, 0.2) is 0 Å². The number of nitrogens with one attached hydrogen (secondary N) is 2. The largest absolute Gasteiger partial charge is 0.477 e. The predicted octanol–water partition coefficient (Wildman–Crippen LogP) is 7.36. The van der Waals surface area contributed by atoms with Crippen LogP contribution in [0.3, 0.4) is 0 Å². The molecule has 0 radical (unpaired) electrons. The van der Waals surface area contributed by atoms with E-state index in [0.717, 1.165) is 34.2 Å². The lowest BCUT2D eigenvalue weighted by molar-refractivity contribution is -0.116. The third-order valence-corrected chi connectivity index (χ3v) is 8.58. The number of carboxylic acids is 1. The van der Waals surface area contributed by atoms with E-state index in [1.165, 1.54) is 10.6 Å². The average Bonchev–Trinajstić information content (AvgIpc) is 3.43. The predicted molar refractivity (Wildman–Crippen MR) is 193 cm³/mol. The van der Waals surface area contributed by atoms with E-state index in [2.05, 4.69) is 27.1 Å². The molecular formula is C38H40N4O6S. The molecule has 1 aromatic heterocycles. The first-order valence-electron chi connectivity index (χ1n) is 15.8. The van der Waals surface area contributed by atoms with E-state index in [1.807, 2.05) is 85.8 Å². The summed E-state index contributed by atoms with van der Waals surface area (Å²) in [5.74, 6) is 0.186. The molecule has 4 aromatic carbocycles. The van der Waals surface area contributed by atoms with Crippen LogP contribution in [-0.4, -0.2) is 36.2 Å². The van der Waals surface area contributed by atoms with Crippen molar-refractivity contribution in [3.05, 3.63) is 137 Å². The van der Waals surface area contributed by atoms with Gasteiger partial charge in [-0.3, -0.25) is 9.52 Å². The van der Waals surface area contributed by atoms with Crippen LogP contribution in [0.2, 0.25) is 0 Å². The lowest BCUT2D eigenvalue weighted by Crippen LogP contribution is -2.23. The van der Waals surface area contributed by atoms with E-state index < -0.39 is 16.0 Å². The Labute approximate surface area is 287 Å². The van der Waals surface area contributed by atoms with Crippen molar-refractivity contribution in [2.45, 2.75) is 39.3 Å². The molecule has 10 nitrogen and oxygen atoms in total. The van der Waals surface area contributed by atoms with Gasteiger partial charge in [-0.25, -0.2) is 13.2 Å². The minimum Gasteiger partial charge on any atom is -0.477 e. The third kappa shape index (κ3) is 9.97. The minimum absolute atomic E-state index is 0.110. The van der Waals surface area contributed by atoms with Crippen molar-refractivity contribution in [2.75, 3.05) is 21.2 Å². The van der Waals surface area contributed by atoms with E-state index in [4.69, 9.17) is 4.74 Å². The van der Waals surface area contributed by atoms with Gasteiger partial charge in [0.05, 0.1) is 17.6 Å². The molecule has 0 bridgehead atoms. The molecule has 11 heteroatoms. The van der Waals surface area contributed by atoms with Crippen molar-refractivity contribution < 1.29 is 27.9 Å². The van der Waals surface area contributed by atoms with Crippen LogP contribution in [0.25, 0.3) is 0 Å². The number of ether oxygens (including phenoxy) is 1. The first-order chi connectivity index (χ1) is 23.4. The van der Waals surface area contributed by atoms with Crippen molar-refractivity contribution in [2.24, 2.45) is 7.05 Å². The van der Waals surface area contributed by atoms with Crippen molar-refractivity contribution in [1.29, 1.82) is 0 Å². The highest BCUT2D eigenvalue weighted by Crippen LogP contribution is 2.31. The zero-order valence-electron chi connectivity index (χ0n) is 27.7. The Morgan fingerprint density at radius 3 is 2.04 bits per heavy atom. The van der Waals surface area contributed by atoms with Gasteiger partial charge in [0, 0.05) is 38.4 Å². The number of amides is 1. The SMILES string of the molecule is Cc1c(NS(C)(=O)=O)cccc1N(Cc1ccccc1)Cc1ccc(Oc2ccc(CCCC(=O)Nc3cc(C(=O)O)n(C)c3)cc2)cc1. The van der Waals surface area contributed by atoms with Gasteiger partial charge in [0.2, 0.25) is 15.9 Å². The highest BCUT2D eigenvalue weighted by molar-refractivity contribution is 7.92. The van der Waals surface area contributed by atoms with Crippen molar-refractivity contribution in [3.8, 4) is 11.5 Å². The zero-order chi connectivity index (χ0) is 35.0. The number of carbonyl (C=O) groups is 2. The molecule has 0 aliphatic heterocycles. The number of hydrogen-bond donors (Lipinski definition) is 3. The molecule has 0 aliphatic carbocycles. The smallest absolute Gasteiger partial charge is 0.352 e. The number of sulfonamides is 1. The number of aromatic carboxylic acids is 1. The molecule has 0 spiro atoms. The maximum absolute atomic E-state index is 12.3. The quantitative estimate of drug-likeness (QED) is 0.105. The Morgan fingerprint density at radius 1 is 0.837 bits per heavy atom. The van der Waals surface area contributed by atoms with Gasteiger partial charge in [-0.1, -0.05) is 60.7 Å². The molecule has 5 aromatic rings. The number of aryl methyl sites for hydroxylation is 2. The van der Waals surface area contributed by atoms with E-state index in [9.17, 15) is 23.1 Å². The molecule has 1 heterocycles. The molecule has 0 atom stereocenters. The van der Waals surface area contributed by atoms with Crippen molar-refractivity contribution in [1.82, 2.24) is 4.57 Å². The van der Waals surface area contributed by atoms with Crippen LogP contribution in [0.5, 0.6) is 11.5 Å². The van der Waals surface area contributed by atoms with Crippen LogP contribution < -0.4 is 19.7 Å². The highest BCUT2D eigenvalue weighted by atomic mass is 32.2. The Balaban J connectivity index is 1.17. The van der Waals surface area contributed by atoms with Gasteiger partial charge in [0.25, 0.3) is 0 Å². The van der Waals surface area contributed by atoms with Crippen molar-refractivity contribution in [3.63, 3.8) is 0 Å². The van der Waals surface area contributed by atoms with Crippen molar-refractivity contribution >= 4 is 39.0 Å². The van der Waals surface area contributed by atoms with Gasteiger partial charge >= 0.3 is 5.97 Å². The van der Waals surface area contributed by atoms with Crippen LogP contribution in [0, 0.1) is 6.92 Å². The van der Waals surface area contributed by atoms with E-state index in [1.54, 1.807) is 19.3 Å². The number of aromatic nitrogens is 1. The molecule has 0 fully saturated rings. The topological polar surface area (TPSA) is 130 Å². The first-order valence-corrected chi connectivity index (χ1v) is 17.7. The number of rotatable bonds is 15. The molecule has 0 unspecified atom stereocenters. The van der Waals surface area contributed by atoms with Crippen LogP contribution in [0.4, 0.5) is 17.1 Å². The second kappa shape index (κ2) is 15.6. The summed E-state index contributed by atoms with van der Waals surface area (Å²) >= 11 is 0. The van der Waals surface area contributed by atoms with Gasteiger partial charge in [-0.05, 0) is 84.5 Å². The third-order valence-electron chi connectivity index (χ3n) is 7.99. The Bertz CT molecular complexity index is 2010. The molecule has 0 saturated heterocycles. The second-order valence-electron chi connectivity index (χ2n) is 12.0. The number of anilines is 3. The van der Waals surface area contributed by atoms with E-state index >= 15 is 0 Å². The summed E-state index contributed by atoms with van der Waals surface area (Å²) in [5, 5.41) is 11.9. The first kappa shape index (κ1) is 34.8. The summed E-state index contributed by atoms with van der Waals surface area (Å²) in [6, 6.07) is 32.9. The van der Waals surface area contributed by atoms with Crippen LogP contribution in [0.15, 0.2) is 109 Å². The summed E-state index contributed by atoms with van der Waals surface area (Å²) in [6.07, 6.45) is 4.40. The Morgan fingerprint density at radius 2 is 1.45 bits per heavy atom. The van der Waals surface area contributed by atoms with Gasteiger partial charge < -0.3 is 24.6 Å². The number of carboxylic acid groups (broad SMARTS) is 1. The fraction of sp³-hybridized carbons (Fsp3) is 0.211. The summed E-state index contributed by atoms with van der Waals surface area (Å²) in [6.45, 7) is 3.16. The van der Waals surface area contributed by atoms with E-state index in [-0.39, 0.29) is 11.6 Å². The summed E-state index contributed by atoms with van der Waals surface area (Å²) in [4.78, 5) is 25.8.